The summed E-state index contributed by atoms with van der Waals surface area (Å²) in [5.41, 5.74) is -0.0461. The lowest BCUT2D eigenvalue weighted by atomic mass is 10.1. The number of benzene rings is 1. The van der Waals surface area contributed by atoms with Gasteiger partial charge in [-0.05, 0) is 17.7 Å². The van der Waals surface area contributed by atoms with Crippen LogP contribution in [0.2, 0.25) is 0 Å². The molecular weight excluding hydrogens is 274 g/mol. The van der Waals surface area contributed by atoms with Gasteiger partial charge in [0, 0.05) is 6.54 Å². The first-order chi connectivity index (χ1) is 9.52. The Balaban J connectivity index is 2.25. The lowest BCUT2D eigenvalue weighted by molar-refractivity contribution is 0.410. The molecule has 0 saturated heterocycles. The van der Waals surface area contributed by atoms with Crippen LogP contribution in [0.3, 0.4) is 0 Å². The zero-order valence-electron chi connectivity index (χ0n) is 9.92. The molecule has 0 fully saturated rings. The normalized spacial score (nSPS) is 10.2. The van der Waals surface area contributed by atoms with E-state index in [-0.39, 0.29) is 6.54 Å². The Kier molecular flexibility index (Phi) is 3.84. The van der Waals surface area contributed by atoms with Gasteiger partial charge in [-0.25, -0.2) is 0 Å². The zero-order valence-corrected chi connectivity index (χ0v) is 9.92. The lowest BCUT2D eigenvalue weighted by Crippen LogP contribution is -2.09. The number of anilines is 1. The highest BCUT2D eigenvalue weighted by molar-refractivity contribution is 5.46. The van der Waals surface area contributed by atoms with Crippen LogP contribution in [-0.4, -0.2) is 4.98 Å². The average Bonchev–Trinajstić information content (AvgIpc) is 2.45. The van der Waals surface area contributed by atoms with E-state index in [1.165, 1.54) is 6.07 Å². The average molecular weight is 281 g/mol. The van der Waals surface area contributed by atoms with E-state index in [1.54, 1.807) is 18.2 Å². The van der Waals surface area contributed by atoms with E-state index in [9.17, 15) is 17.6 Å². The Morgan fingerprint density at radius 3 is 2.35 bits per heavy atom. The van der Waals surface area contributed by atoms with Crippen LogP contribution < -0.4 is 5.32 Å². The Morgan fingerprint density at radius 2 is 1.75 bits per heavy atom. The van der Waals surface area contributed by atoms with Crippen molar-refractivity contribution in [3.63, 3.8) is 0 Å². The molecule has 1 aromatic carbocycles. The quantitative estimate of drug-likeness (QED) is 0.694. The van der Waals surface area contributed by atoms with Crippen LogP contribution in [0.4, 0.5) is 23.2 Å². The monoisotopic (exact) mass is 281 g/mol. The zero-order chi connectivity index (χ0) is 14.7. The van der Waals surface area contributed by atoms with Gasteiger partial charge in [-0.1, -0.05) is 12.1 Å². The van der Waals surface area contributed by atoms with Crippen LogP contribution in [0.15, 0.2) is 24.3 Å². The molecule has 0 aliphatic rings. The Hall–Kier alpha value is -2.62. The summed E-state index contributed by atoms with van der Waals surface area (Å²) >= 11 is 0. The van der Waals surface area contributed by atoms with Gasteiger partial charge in [-0.3, -0.25) is 0 Å². The number of hydrogen-bond acceptors (Lipinski definition) is 3. The first-order valence-corrected chi connectivity index (χ1v) is 5.46. The number of halogens is 4. The van der Waals surface area contributed by atoms with Gasteiger partial charge < -0.3 is 5.32 Å². The smallest absolute Gasteiger partial charge is 0.253 e. The van der Waals surface area contributed by atoms with Crippen LogP contribution in [0.1, 0.15) is 11.1 Å². The first kappa shape index (κ1) is 13.8. The predicted molar refractivity (Wildman–Crippen MR) is 62.6 cm³/mol. The van der Waals surface area contributed by atoms with E-state index in [0.29, 0.717) is 11.1 Å². The minimum atomic E-state index is -1.72. The van der Waals surface area contributed by atoms with Gasteiger partial charge in [0.2, 0.25) is 11.6 Å². The number of hydrogen-bond donors (Lipinski definition) is 1. The molecule has 102 valence electrons. The summed E-state index contributed by atoms with van der Waals surface area (Å²) in [6, 6.07) is 8.11. The van der Waals surface area contributed by atoms with E-state index in [4.69, 9.17) is 5.26 Å². The summed E-state index contributed by atoms with van der Waals surface area (Å²) in [6.07, 6.45) is 0. The highest BCUT2D eigenvalue weighted by Crippen LogP contribution is 2.22. The molecule has 0 amide bonds. The van der Waals surface area contributed by atoms with Crippen molar-refractivity contribution in [2.45, 2.75) is 6.54 Å². The van der Waals surface area contributed by atoms with Crippen LogP contribution in [0, 0.1) is 34.9 Å². The number of aromatic nitrogens is 1. The third kappa shape index (κ3) is 2.69. The summed E-state index contributed by atoms with van der Waals surface area (Å²) < 4.78 is 52.4. The summed E-state index contributed by atoms with van der Waals surface area (Å²) in [6.45, 7) is -0.105. The van der Waals surface area contributed by atoms with Crippen molar-refractivity contribution in [3.05, 3.63) is 58.9 Å². The molecule has 0 atom stereocenters. The molecule has 0 bridgehead atoms. The molecule has 2 aromatic rings. The van der Waals surface area contributed by atoms with Crippen molar-refractivity contribution in [1.82, 2.24) is 4.98 Å². The third-order valence-corrected chi connectivity index (χ3v) is 2.52. The first-order valence-electron chi connectivity index (χ1n) is 5.46. The van der Waals surface area contributed by atoms with Crippen molar-refractivity contribution in [2.75, 3.05) is 5.32 Å². The molecule has 20 heavy (non-hydrogen) atoms. The van der Waals surface area contributed by atoms with Crippen LogP contribution >= 0.6 is 0 Å². The number of pyridine rings is 1. The van der Waals surface area contributed by atoms with Gasteiger partial charge in [0.05, 0.1) is 11.6 Å². The van der Waals surface area contributed by atoms with E-state index >= 15 is 0 Å². The minimum Gasteiger partial charge on any atom is -0.376 e. The summed E-state index contributed by atoms with van der Waals surface area (Å²) in [5.74, 6) is -6.64. The van der Waals surface area contributed by atoms with Crippen molar-refractivity contribution < 1.29 is 17.6 Å². The number of nitrogens with one attached hydrogen (secondary N) is 1. The SMILES string of the molecule is N#Cc1cccc(CNc2c(F)c(F)nc(F)c2F)c1. The topological polar surface area (TPSA) is 48.7 Å². The molecule has 0 unspecified atom stereocenters. The Bertz CT molecular complexity index is 668. The van der Waals surface area contributed by atoms with Gasteiger partial charge in [0.1, 0.15) is 5.69 Å². The van der Waals surface area contributed by atoms with Gasteiger partial charge in [-0.15, -0.1) is 0 Å². The maximum atomic E-state index is 13.3. The standard InChI is InChI=1S/C13H7F4N3/c14-9-11(10(15)13(17)20-12(9)16)19-6-8-3-1-2-7(4-8)5-18/h1-4H,6H2,(H,19,20). The molecule has 0 radical (unpaired) electrons. The third-order valence-electron chi connectivity index (χ3n) is 2.52. The lowest BCUT2D eigenvalue weighted by Gasteiger charge is -2.09. The van der Waals surface area contributed by atoms with E-state index in [2.05, 4.69) is 10.3 Å². The van der Waals surface area contributed by atoms with Crippen LogP contribution in [0.5, 0.6) is 0 Å². The van der Waals surface area contributed by atoms with Crippen molar-refractivity contribution in [1.29, 1.82) is 5.26 Å². The fourth-order valence-corrected chi connectivity index (χ4v) is 1.58. The molecule has 2 rings (SSSR count). The van der Waals surface area contributed by atoms with Gasteiger partial charge in [-0.2, -0.15) is 27.8 Å². The maximum absolute atomic E-state index is 13.3. The molecule has 1 heterocycles. The van der Waals surface area contributed by atoms with Gasteiger partial charge >= 0.3 is 0 Å². The second-order valence-electron chi connectivity index (χ2n) is 3.86. The molecule has 0 saturated carbocycles. The predicted octanol–water partition coefficient (Wildman–Crippen LogP) is 3.12. The molecule has 7 heteroatoms. The van der Waals surface area contributed by atoms with Gasteiger partial charge in [0.15, 0.2) is 0 Å². The molecule has 0 spiro atoms. The number of nitriles is 1. The van der Waals surface area contributed by atoms with Crippen LogP contribution in [-0.2, 0) is 6.54 Å². The maximum Gasteiger partial charge on any atom is 0.253 e. The van der Waals surface area contributed by atoms with E-state index in [0.717, 1.165) is 0 Å². The summed E-state index contributed by atoms with van der Waals surface area (Å²) in [5, 5.41) is 11.0. The van der Waals surface area contributed by atoms with Gasteiger partial charge in [0.25, 0.3) is 11.9 Å². The minimum absolute atomic E-state index is 0.105. The second-order valence-corrected chi connectivity index (χ2v) is 3.86. The van der Waals surface area contributed by atoms with Crippen molar-refractivity contribution in [3.8, 4) is 6.07 Å². The summed E-state index contributed by atoms with van der Waals surface area (Å²) in [4.78, 5) is 2.45. The molecule has 1 N–H and O–H groups in total. The molecule has 0 aliphatic heterocycles. The molecule has 3 nitrogen and oxygen atoms in total. The Labute approximate surface area is 111 Å². The Morgan fingerprint density at radius 1 is 1.10 bits per heavy atom. The molecule has 0 aliphatic carbocycles. The van der Waals surface area contributed by atoms with E-state index in [1.807, 2.05) is 6.07 Å². The fraction of sp³-hybridized carbons (Fsp3) is 0.0769. The highest BCUT2D eigenvalue weighted by atomic mass is 19.2. The van der Waals surface area contributed by atoms with Crippen LogP contribution in [0.25, 0.3) is 0 Å². The largest absolute Gasteiger partial charge is 0.376 e. The fourth-order valence-electron chi connectivity index (χ4n) is 1.58. The summed E-state index contributed by atoms with van der Waals surface area (Å²) in [7, 11) is 0. The molecular formula is C13H7F4N3. The highest BCUT2D eigenvalue weighted by Gasteiger charge is 2.20. The number of nitrogens with zero attached hydrogens (tertiary/aromatic N) is 2. The molecule has 1 aromatic heterocycles. The second kappa shape index (κ2) is 5.57. The van der Waals surface area contributed by atoms with E-state index < -0.39 is 29.2 Å². The van der Waals surface area contributed by atoms with Crippen molar-refractivity contribution in [2.24, 2.45) is 0 Å². The number of rotatable bonds is 3. The van der Waals surface area contributed by atoms with Crippen molar-refractivity contribution >= 4 is 5.69 Å².